The topological polar surface area (TPSA) is 119 Å². The summed E-state index contributed by atoms with van der Waals surface area (Å²) in [5.74, 6) is -0.0436. The number of nitrogens with zero attached hydrogens (tertiary/aromatic N) is 5. The van der Waals surface area contributed by atoms with Gasteiger partial charge in [0, 0.05) is 55.8 Å². The Morgan fingerprint density at radius 2 is 1.92 bits per heavy atom. The Balaban J connectivity index is 1.20. The summed E-state index contributed by atoms with van der Waals surface area (Å²) in [5.41, 5.74) is 0.873. The molecule has 0 unspecified atom stereocenters. The number of thiazole rings is 1. The van der Waals surface area contributed by atoms with Crippen LogP contribution in [0.25, 0.3) is 0 Å². The van der Waals surface area contributed by atoms with Crippen LogP contribution in [0, 0.1) is 0 Å². The van der Waals surface area contributed by atoms with E-state index in [0.29, 0.717) is 48.5 Å². The largest absolute Gasteiger partial charge is 0.495 e. The number of hydrogen-bond donors (Lipinski definition) is 1. The van der Waals surface area contributed by atoms with Gasteiger partial charge >= 0.3 is 6.01 Å². The number of morpholine rings is 1. The van der Waals surface area contributed by atoms with E-state index < -0.39 is 5.54 Å². The second-order valence-electron chi connectivity index (χ2n) is 10.0. The molecule has 0 saturated carbocycles. The lowest BCUT2D eigenvalue weighted by molar-refractivity contribution is -0.0370. The molecule has 0 aliphatic carbocycles. The second kappa shape index (κ2) is 11.5. The quantitative estimate of drug-likeness (QED) is 0.470. The van der Waals surface area contributed by atoms with Crippen molar-refractivity contribution in [3.05, 3.63) is 53.3 Å². The number of anilines is 2. The number of hydrogen-bond acceptors (Lipinski definition) is 10. The van der Waals surface area contributed by atoms with Gasteiger partial charge in [0.2, 0.25) is 0 Å². The van der Waals surface area contributed by atoms with Crippen LogP contribution in [0.4, 0.5) is 10.8 Å². The standard InChI is InChI=1S/C27H32N6O5S/c1-27(2)17-37-14-13-33(27)24(35)18-5-6-20(22(15-18)36-3)30-23(34)21-16-39-26(31-21)32-11-7-19(8-12-32)38-25-28-9-4-10-29-25/h4-6,9-10,15-16,19H,7-8,11-14,17H2,1-3H3,(H,30,34). The van der Waals surface area contributed by atoms with Crippen molar-refractivity contribution in [2.24, 2.45) is 0 Å². The lowest BCUT2D eigenvalue weighted by atomic mass is 10.0. The predicted octanol–water partition coefficient (Wildman–Crippen LogP) is 3.49. The Morgan fingerprint density at radius 3 is 2.64 bits per heavy atom. The van der Waals surface area contributed by atoms with E-state index in [1.165, 1.54) is 18.4 Å². The number of benzene rings is 1. The van der Waals surface area contributed by atoms with Gasteiger partial charge in [0.15, 0.2) is 5.13 Å². The van der Waals surface area contributed by atoms with Gasteiger partial charge in [-0.25, -0.2) is 15.0 Å². The van der Waals surface area contributed by atoms with Crippen LogP contribution in [0.1, 0.15) is 47.5 Å². The normalized spacial score (nSPS) is 17.5. The van der Waals surface area contributed by atoms with E-state index in [-0.39, 0.29) is 17.9 Å². The summed E-state index contributed by atoms with van der Waals surface area (Å²) >= 11 is 1.43. The molecule has 2 aliphatic rings. The number of ether oxygens (including phenoxy) is 3. The van der Waals surface area contributed by atoms with Crippen LogP contribution >= 0.6 is 11.3 Å². The summed E-state index contributed by atoms with van der Waals surface area (Å²) in [5, 5.41) is 5.41. The fourth-order valence-electron chi connectivity index (χ4n) is 4.68. The van der Waals surface area contributed by atoms with Crippen molar-refractivity contribution < 1.29 is 23.8 Å². The number of carbonyl (C=O) groups is 2. The van der Waals surface area contributed by atoms with Gasteiger partial charge in [-0.05, 0) is 38.1 Å². The molecule has 2 aliphatic heterocycles. The van der Waals surface area contributed by atoms with E-state index in [1.807, 2.05) is 18.7 Å². The zero-order chi connectivity index (χ0) is 27.4. The first-order chi connectivity index (χ1) is 18.8. The van der Waals surface area contributed by atoms with Crippen LogP contribution in [0.3, 0.4) is 0 Å². The van der Waals surface area contributed by atoms with Crippen LogP contribution in [0.5, 0.6) is 11.8 Å². The third-order valence-electron chi connectivity index (χ3n) is 6.84. The molecule has 5 rings (SSSR count). The van der Waals surface area contributed by atoms with Crippen LogP contribution in [-0.4, -0.2) is 83.3 Å². The molecule has 12 heteroatoms. The van der Waals surface area contributed by atoms with Crippen LogP contribution < -0.4 is 19.7 Å². The highest BCUT2D eigenvalue weighted by Gasteiger charge is 2.35. The number of methoxy groups -OCH3 is 1. The van der Waals surface area contributed by atoms with Gasteiger partial charge in [-0.1, -0.05) is 0 Å². The van der Waals surface area contributed by atoms with Crippen molar-refractivity contribution in [3.63, 3.8) is 0 Å². The van der Waals surface area contributed by atoms with Gasteiger partial charge in [0.1, 0.15) is 17.5 Å². The molecule has 0 atom stereocenters. The van der Waals surface area contributed by atoms with Gasteiger partial charge in [-0.15, -0.1) is 11.3 Å². The molecule has 0 radical (unpaired) electrons. The van der Waals surface area contributed by atoms with Crippen molar-refractivity contribution in [1.29, 1.82) is 0 Å². The van der Waals surface area contributed by atoms with Gasteiger partial charge in [0.25, 0.3) is 11.8 Å². The summed E-state index contributed by atoms with van der Waals surface area (Å²) in [4.78, 5) is 43.0. The van der Waals surface area contributed by atoms with Crippen molar-refractivity contribution in [2.75, 3.05) is 50.2 Å². The highest BCUT2D eigenvalue weighted by Crippen LogP contribution is 2.30. The Morgan fingerprint density at radius 1 is 1.15 bits per heavy atom. The van der Waals surface area contributed by atoms with Crippen molar-refractivity contribution >= 4 is 34.0 Å². The Labute approximate surface area is 231 Å². The molecule has 1 N–H and O–H groups in total. The van der Waals surface area contributed by atoms with Gasteiger partial charge < -0.3 is 29.3 Å². The van der Waals surface area contributed by atoms with Crippen molar-refractivity contribution in [1.82, 2.24) is 19.9 Å². The number of rotatable bonds is 7. The van der Waals surface area contributed by atoms with E-state index in [2.05, 4.69) is 25.2 Å². The molecule has 1 aromatic carbocycles. The highest BCUT2D eigenvalue weighted by molar-refractivity contribution is 7.14. The maximum atomic E-state index is 13.2. The molecule has 4 heterocycles. The molecule has 2 fully saturated rings. The minimum atomic E-state index is -0.406. The number of nitrogens with one attached hydrogen (secondary N) is 1. The smallest absolute Gasteiger partial charge is 0.316 e. The summed E-state index contributed by atoms with van der Waals surface area (Å²) in [6.45, 7) is 6.98. The van der Waals surface area contributed by atoms with Gasteiger partial charge in [-0.3, -0.25) is 9.59 Å². The summed E-state index contributed by atoms with van der Waals surface area (Å²) in [6, 6.07) is 7.19. The van der Waals surface area contributed by atoms with Crippen LogP contribution in [-0.2, 0) is 4.74 Å². The second-order valence-corrected chi connectivity index (χ2v) is 10.9. The first-order valence-corrected chi connectivity index (χ1v) is 13.8. The molecule has 0 spiro atoms. The van der Waals surface area contributed by atoms with Crippen LogP contribution in [0.2, 0.25) is 0 Å². The van der Waals surface area contributed by atoms with E-state index in [1.54, 1.807) is 42.0 Å². The molecule has 11 nitrogen and oxygen atoms in total. The van der Waals surface area contributed by atoms with E-state index in [0.717, 1.165) is 31.1 Å². The Kier molecular flexibility index (Phi) is 7.94. The average Bonchev–Trinajstić information content (AvgIpc) is 3.44. The van der Waals surface area contributed by atoms with Crippen molar-refractivity contribution in [2.45, 2.75) is 38.3 Å². The SMILES string of the molecule is COc1cc(C(=O)N2CCOCC2(C)C)ccc1NC(=O)c1csc(N2CCC(Oc3ncccn3)CC2)n1. The monoisotopic (exact) mass is 552 g/mol. The van der Waals surface area contributed by atoms with E-state index in [9.17, 15) is 9.59 Å². The number of aromatic nitrogens is 3. The molecule has 2 saturated heterocycles. The molecule has 39 heavy (non-hydrogen) atoms. The number of amides is 2. The number of carbonyl (C=O) groups excluding carboxylic acids is 2. The molecule has 3 aromatic rings. The summed E-state index contributed by atoms with van der Waals surface area (Å²) < 4.78 is 16.9. The fourth-order valence-corrected chi connectivity index (χ4v) is 5.54. The first kappa shape index (κ1) is 26.8. The third-order valence-corrected chi connectivity index (χ3v) is 7.74. The zero-order valence-corrected chi connectivity index (χ0v) is 23.1. The van der Waals surface area contributed by atoms with Gasteiger partial charge in [0.05, 0.1) is 31.5 Å². The minimum absolute atomic E-state index is 0.0445. The molecule has 2 aromatic heterocycles. The molecular formula is C27H32N6O5S. The molecule has 206 valence electrons. The number of piperidine rings is 1. The van der Waals surface area contributed by atoms with Crippen molar-refractivity contribution in [3.8, 4) is 11.8 Å². The highest BCUT2D eigenvalue weighted by atomic mass is 32.1. The van der Waals surface area contributed by atoms with E-state index in [4.69, 9.17) is 14.2 Å². The van der Waals surface area contributed by atoms with Crippen LogP contribution in [0.15, 0.2) is 42.0 Å². The fraction of sp³-hybridized carbons (Fsp3) is 0.444. The van der Waals surface area contributed by atoms with E-state index >= 15 is 0 Å². The average molecular weight is 553 g/mol. The summed E-state index contributed by atoms with van der Waals surface area (Å²) in [6.07, 6.45) is 4.99. The Hall–Kier alpha value is -3.77. The predicted molar refractivity (Wildman–Crippen MR) is 147 cm³/mol. The first-order valence-electron chi connectivity index (χ1n) is 12.9. The van der Waals surface area contributed by atoms with Gasteiger partial charge in [-0.2, -0.15) is 0 Å². The molecule has 0 bridgehead atoms. The summed E-state index contributed by atoms with van der Waals surface area (Å²) in [7, 11) is 1.51. The maximum absolute atomic E-state index is 13.2. The lowest BCUT2D eigenvalue weighted by Gasteiger charge is -2.42. The molecular weight excluding hydrogens is 520 g/mol. The zero-order valence-electron chi connectivity index (χ0n) is 22.3. The Bertz CT molecular complexity index is 1310. The maximum Gasteiger partial charge on any atom is 0.316 e. The third kappa shape index (κ3) is 6.12. The minimum Gasteiger partial charge on any atom is -0.495 e. The lowest BCUT2D eigenvalue weighted by Crippen LogP contribution is -2.55. The molecule has 2 amide bonds.